The molecule has 25 nitrogen and oxygen atoms in total. The molecule has 12 rings (SSSR count). The summed E-state index contributed by atoms with van der Waals surface area (Å²) in [6, 6.07) is 22.0. The minimum atomic E-state index is -0.643. The fourth-order valence-corrected chi connectivity index (χ4v) is 13.1. The van der Waals surface area contributed by atoms with Crippen LogP contribution < -0.4 is 42.0 Å². The molecule has 6 aliphatic heterocycles. The third-order valence-electron chi connectivity index (χ3n) is 17.8. The van der Waals surface area contributed by atoms with Crippen molar-refractivity contribution in [3.05, 3.63) is 121 Å². The van der Waals surface area contributed by atoms with Gasteiger partial charge in [0.1, 0.15) is 28.8 Å². The number of pyridine rings is 3. The highest BCUT2D eigenvalue weighted by atomic mass is 16.5. The highest BCUT2D eigenvalue weighted by Gasteiger charge is 2.37. The van der Waals surface area contributed by atoms with Crippen LogP contribution in [0.1, 0.15) is 90.4 Å². The number of esters is 3. The summed E-state index contributed by atoms with van der Waals surface area (Å²) < 4.78 is 25.6. The first-order chi connectivity index (χ1) is 44.0. The Bertz CT molecular complexity index is 3770. The molecule has 0 aliphatic carbocycles. The number of para-hydroxylation sites is 3. The zero-order valence-electron chi connectivity index (χ0n) is 52.7. The molecule has 9 heterocycles. The number of hydrogen-bond acceptors (Lipinski definition) is 18. The summed E-state index contributed by atoms with van der Waals surface area (Å²) in [6.07, 6.45) is 4.15. The first kappa shape index (κ1) is 64.9. The van der Waals surface area contributed by atoms with Gasteiger partial charge >= 0.3 is 17.9 Å². The Labute approximate surface area is 526 Å². The van der Waals surface area contributed by atoms with Crippen molar-refractivity contribution in [3.8, 4) is 0 Å². The third-order valence-corrected chi connectivity index (χ3v) is 17.8. The highest BCUT2D eigenvalue weighted by molar-refractivity contribution is 6.08. The van der Waals surface area contributed by atoms with Gasteiger partial charge < -0.3 is 72.7 Å². The summed E-state index contributed by atoms with van der Waals surface area (Å²) in [5, 5.41) is 8.42. The molecule has 25 heteroatoms. The van der Waals surface area contributed by atoms with E-state index in [-0.39, 0.29) is 83.4 Å². The van der Waals surface area contributed by atoms with Crippen LogP contribution >= 0.6 is 0 Å². The first-order valence-corrected chi connectivity index (χ1v) is 31.6. The first-order valence-electron chi connectivity index (χ1n) is 31.6. The van der Waals surface area contributed by atoms with Gasteiger partial charge in [0.25, 0.3) is 22.6 Å². The van der Waals surface area contributed by atoms with Crippen LogP contribution in [0.2, 0.25) is 0 Å². The van der Waals surface area contributed by atoms with Gasteiger partial charge in [-0.1, -0.05) is 54.6 Å². The van der Waals surface area contributed by atoms with Gasteiger partial charge in [-0.25, -0.2) is 14.4 Å². The number of ether oxygens (including phenoxy) is 4. The molecule has 3 aromatic carbocycles. The normalized spacial score (nSPS) is 19.2. The lowest BCUT2D eigenvalue weighted by Crippen LogP contribution is -2.53. The second-order valence-corrected chi connectivity index (χ2v) is 23.2. The quantitative estimate of drug-likeness (QED) is 0.131. The average Bonchev–Trinajstić information content (AvgIpc) is 1.04. The smallest absolute Gasteiger partial charge is 0.345 e. The van der Waals surface area contributed by atoms with E-state index in [1.54, 1.807) is 46.8 Å². The van der Waals surface area contributed by atoms with Crippen LogP contribution in [0, 0.1) is 0 Å². The van der Waals surface area contributed by atoms with Gasteiger partial charge in [-0.2, -0.15) is 0 Å². The lowest BCUT2D eigenvalue weighted by Gasteiger charge is -2.38. The molecule has 4 amide bonds. The zero-order chi connectivity index (χ0) is 64.6. The lowest BCUT2D eigenvalue weighted by molar-refractivity contribution is -0.141. The number of aryl methyl sites for hydroxylation is 3. The van der Waals surface area contributed by atoms with Crippen molar-refractivity contribution in [2.75, 3.05) is 126 Å². The number of carbonyl (C=O) groups is 7. The maximum absolute atomic E-state index is 13.1. The van der Waals surface area contributed by atoms with E-state index < -0.39 is 29.5 Å². The number of rotatable bonds is 12. The van der Waals surface area contributed by atoms with Crippen molar-refractivity contribution < 1.29 is 52.5 Å². The molecule has 6 fully saturated rings. The summed E-state index contributed by atoms with van der Waals surface area (Å²) in [7, 11) is 4.97. The van der Waals surface area contributed by atoms with Crippen molar-refractivity contribution in [1.29, 1.82) is 0 Å². The summed E-state index contributed by atoms with van der Waals surface area (Å²) in [6.45, 7) is 13.4. The van der Waals surface area contributed by atoms with Crippen LogP contribution in [-0.2, 0) is 59.3 Å². The Morgan fingerprint density at radius 2 is 0.824 bits per heavy atom. The second-order valence-electron chi connectivity index (χ2n) is 23.2. The highest BCUT2D eigenvalue weighted by Crippen LogP contribution is 2.34. The molecule has 0 spiro atoms. The minimum Gasteiger partial charge on any atom is -0.462 e. The van der Waals surface area contributed by atoms with Gasteiger partial charge in [-0.05, 0) is 77.6 Å². The fraction of sp³-hybridized carbons (Fsp3) is 0.485. The van der Waals surface area contributed by atoms with Crippen molar-refractivity contribution in [3.63, 3.8) is 0 Å². The van der Waals surface area contributed by atoms with Crippen LogP contribution in [0.5, 0.6) is 0 Å². The molecule has 3 unspecified atom stereocenters. The number of nitrogens with one attached hydrogen (secondary N) is 2. The number of piperazine rings is 3. The standard InChI is InChI=1S/C22H26N4O5.C22H28N4O4.C22H27N3O5/c1-3-31-22(30)18-19(14-6-4-5-7-16(14)24(2)21(18)29)25-10-12-26(13-11-25)20(28)15-8-9-17(27)23-15;1-3-30-22(29)18-19(15-7-4-5-9-17(15)24(2)21(18)28)25-11-13-26(14-12-25)20(27)16-8-6-10-23-16;1-3-29-22(28)18-19(15-7-4-5-8-16(15)23(2)21(18)27)24-10-12-25(13-11-24)20(26)17-9-6-14-30-17/h4-7,15H,3,8-13H2,1-2H3,(H,23,27);4-5,7,9,16,23H,3,6,8,10-14H2,1-2H3;4-5,7-8,17H,3,6,9-14H2,1-2H3. The van der Waals surface area contributed by atoms with Gasteiger partial charge in [0.15, 0.2) is 0 Å². The van der Waals surface area contributed by atoms with E-state index in [1.807, 2.05) is 97.3 Å². The summed E-state index contributed by atoms with van der Waals surface area (Å²) in [5.41, 5.74) is 2.99. The van der Waals surface area contributed by atoms with E-state index >= 15 is 0 Å². The molecule has 6 saturated heterocycles. The molecule has 0 bridgehead atoms. The van der Waals surface area contributed by atoms with E-state index in [9.17, 15) is 47.9 Å². The topological polar surface area (TPSA) is 266 Å². The second kappa shape index (κ2) is 28.8. The zero-order valence-corrected chi connectivity index (χ0v) is 52.7. The van der Waals surface area contributed by atoms with E-state index in [0.29, 0.717) is 115 Å². The van der Waals surface area contributed by atoms with Gasteiger partial charge in [-0.3, -0.25) is 33.6 Å². The summed E-state index contributed by atoms with van der Waals surface area (Å²) in [4.78, 5) is 138. The van der Waals surface area contributed by atoms with Crippen molar-refractivity contribution >= 4 is 91.3 Å². The monoisotopic (exact) mass is 1250 g/mol. The number of nitrogens with zero attached hydrogens (tertiary/aromatic N) is 9. The summed E-state index contributed by atoms with van der Waals surface area (Å²) >= 11 is 0. The number of aromatic nitrogens is 3. The summed E-state index contributed by atoms with van der Waals surface area (Å²) in [5.74, 6) is -1.86. The molecule has 484 valence electrons. The third kappa shape index (κ3) is 13.4. The predicted octanol–water partition coefficient (Wildman–Crippen LogP) is 3.30. The lowest BCUT2D eigenvalue weighted by atomic mass is 10.1. The van der Waals surface area contributed by atoms with Crippen molar-refractivity contribution in [1.82, 2.24) is 39.0 Å². The number of anilines is 3. The van der Waals surface area contributed by atoms with Crippen LogP contribution in [-0.4, -0.2) is 200 Å². The van der Waals surface area contributed by atoms with Gasteiger partial charge in [0.05, 0.1) is 59.5 Å². The van der Waals surface area contributed by atoms with Crippen LogP contribution in [0.4, 0.5) is 17.1 Å². The van der Waals surface area contributed by atoms with Gasteiger partial charge in [-0.15, -0.1) is 0 Å². The van der Waals surface area contributed by atoms with Gasteiger partial charge in [0, 0.05) is 129 Å². The van der Waals surface area contributed by atoms with E-state index in [1.165, 1.54) is 13.7 Å². The molecule has 3 aromatic heterocycles. The predicted molar refractivity (Wildman–Crippen MR) is 343 cm³/mol. The maximum atomic E-state index is 13.1. The maximum Gasteiger partial charge on any atom is 0.345 e. The molecule has 6 aliphatic rings. The molecular weight excluding hydrogens is 1170 g/mol. The van der Waals surface area contributed by atoms with E-state index in [2.05, 4.69) is 10.6 Å². The molecule has 2 N–H and O–H groups in total. The average molecular weight is 1250 g/mol. The Hall–Kier alpha value is -9.10. The number of hydrogen-bond donors (Lipinski definition) is 2. The minimum absolute atomic E-state index is 0.0193. The van der Waals surface area contributed by atoms with Crippen LogP contribution in [0.25, 0.3) is 32.7 Å². The molecule has 0 saturated carbocycles. The molecule has 3 atom stereocenters. The Morgan fingerprint density at radius 3 is 1.14 bits per heavy atom. The Balaban J connectivity index is 0.000000150. The molecular formula is C66H81N11O14. The largest absolute Gasteiger partial charge is 0.462 e. The van der Waals surface area contributed by atoms with E-state index in [4.69, 9.17) is 18.9 Å². The van der Waals surface area contributed by atoms with Crippen molar-refractivity contribution in [2.24, 2.45) is 21.1 Å². The van der Waals surface area contributed by atoms with Gasteiger partial charge in [0.2, 0.25) is 17.7 Å². The van der Waals surface area contributed by atoms with Crippen LogP contribution in [0.3, 0.4) is 0 Å². The number of fused-ring (bicyclic) bond motifs is 3. The Morgan fingerprint density at radius 1 is 0.462 bits per heavy atom. The van der Waals surface area contributed by atoms with Crippen molar-refractivity contribution in [2.45, 2.75) is 77.5 Å². The molecule has 0 radical (unpaired) electrons. The SMILES string of the molecule is CCOC(=O)c1c(N2CCN(C(=O)C3CCC(=O)N3)CC2)c2ccccc2n(C)c1=O.CCOC(=O)c1c(N2CCN(C(=O)C3CCCN3)CC2)c2ccccc2n(C)c1=O.CCOC(=O)c1c(N2CCN(C(=O)C3CCCO3)CC2)c2ccccc2n(C)c1=O. The number of carbonyl (C=O) groups excluding carboxylic acids is 7. The van der Waals surface area contributed by atoms with Crippen LogP contribution in [0.15, 0.2) is 87.2 Å². The number of benzene rings is 3. The Kier molecular flexibility index (Phi) is 20.5. The fourth-order valence-electron chi connectivity index (χ4n) is 13.1. The molecule has 6 aromatic rings. The van der Waals surface area contributed by atoms with E-state index in [0.717, 1.165) is 64.9 Å². The molecule has 91 heavy (non-hydrogen) atoms. The number of amides is 4.